The molecule has 0 spiro atoms. The molecule has 0 saturated heterocycles. The molecule has 1 rings (SSSR count). The second kappa shape index (κ2) is 7.06. The van der Waals surface area contributed by atoms with Crippen molar-refractivity contribution >= 4 is 41.7 Å². The number of hydrogen-bond acceptors (Lipinski definition) is 2. The first-order valence-electron chi connectivity index (χ1n) is 5.74. The quantitative estimate of drug-likeness (QED) is 0.660. The predicted molar refractivity (Wildman–Crippen MR) is 84.5 cm³/mol. The van der Waals surface area contributed by atoms with Crippen molar-refractivity contribution in [2.75, 3.05) is 22.7 Å². The van der Waals surface area contributed by atoms with E-state index in [1.165, 1.54) is 11.8 Å². The van der Waals surface area contributed by atoms with Crippen LogP contribution in [0.15, 0.2) is 30.3 Å². The van der Waals surface area contributed by atoms with E-state index >= 15 is 0 Å². The third-order valence-electron chi connectivity index (χ3n) is 2.99. The topological polar surface area (TPSA) is 34.1 Å². The summed E-state index contributed by atoms with van der Waals surface area (Å²) in [6.07, 6.45) is 2.83. The van der Waals surface area contributed by atoms with E-state index in [0.29, 0.717) is 6.42 Å². The molecule has 0 aliphatic heterocycles. The van der Waals surface area contributed by atoms with Gasteiger partial charge in [0.25, 0.3) is 0 Å². The number of alkyl halides is 2. The number of sulfone groups is 1. The van der Waals surface area contributed by atoms with Crippen LogP contribution >= 0.6 is 31.9 Å². The lowest BCUT2D eigenvalue weighted by molar-refractivity contribution is 0.374. The van der Waals surface area contributed by atoms with E-state index in [9.17, 15) is 8.42 Å². The van der Waals surface area contributed by atoms with Crippen LogP contribution in [0.3, 0.4) is 0 Å². The van der Waals surface area contributed by atoms with Gasteiger partial charge in [-0.1, -0.05) is 62.2 Å². The molecule has 0 radical (unpaired) electrons. The van der Waals surface area contributed by atoms with E-state index < -0.39 is 9.84 Å². The summed E-state index contributed by atoms with van der Waals surface area (Å²) in [5.41, 5.74) is 1.19. The van der Waals surface area contributed by atoms with Crippen LogP contribution in [0, 0.1) is 5.41 Å². The first-order valence-corrected chi connectivity index (χ1v) is 10.0. The molecule has 2 nitrogen and oxygen atoms in total. The lowest BCUT2D eigenvalue weighted by Crippen LogP contribution is -2.30. The first kappa shape index (κ1) is 16.2. The highest BCUT2D eigenvalue weighted by Crippen LogP contribution is 2.32. The molecule has 0 aliphatic carbocycles. The summed E-state index contributed by atoms with van der Waals surface area (Å²) in [4.78, 5) is 0. The Bertz CT molecular complexity index is 453. The zero-order chi connectivity index (χ0) is 13.6. The summed E-state index contributed by atoms with van der Waals surface area (Å²) < 4.78 is 22.7. The number of halogens is 2. The van der Waals surface area contributed by atoms with Gasteiger partial charge < -0.3 is 0 Å². The average molecular weight is 398 g/mol. The summed E-state index contributed by atoms with van der Waals surface area (Å²) in [6, 6.07) is 10.2. The van der Waals surface area contributed by atoms with Gasteiger partial charge in [0, 0.05) is 16.9 Å². The first-order chi connectivity index (χ1) is 8.41. The van der Waals surface area contributed by atoms with Crippen LogP contribution in [0.5, 0.6) is 0 Å². The minimum Gasteiger partial charge on any atom is -0.229 e. The third kappa shape index (κ3) is 5.41. The summed E-state index contributed by atoms with van der Waals surface area (Å²) >= 11 is 7.07. The van der Waals surface area contributed by atoms with Gasteiger partial charge in [0.15, 0.2) is 0 Å². The van der Waals surface area contributed by atoms with Crippen molar-refractivity contribution in [1.29, 1.82) is 0 Å². The highest BCUT2D eigenvalue weighted by atomic mass is 79.9. The standard InChI is InChI=1S/C13H18Br2O2S/c1-18(16,17)8-7-13(10-14,11-15)9-12-5-3-2-4-6-12/h2-6H,7-11H2,1H3. The molecule has 0 fully saturated rings. The molecule has 102 valence electrons. The molecular weight excluding hydrogens is 380 g/mol. The summed E-state index contributed by atoms with van der Waals surface area (Å²) in [7, 11) is -2.91. The summed E-state index contributed by atoms with van der Waals surface area (Å²) in [5.74, 6) is 0.233. The Morgan fingerprint density at radius 2 is 1.67 bits per heavy atom. The molecule has 0 atom stereocenters. The van der Waals surface area contributed by atoms with Crippen molar-refractivity contribution in [2.24, 2.45) is 5.41 Å². The van der Waals surface area contributed by atoms with Gasteiger partial charge in [0.05, 0.1) is 5.75 Å². The van der Waals surface area contributed by atoms with Crippen LogP contribution in [-0.4, -0.2) is 31.1 Å². The van der Waals surface area contributed by atoms with E-state index in [1.54, 1.807) is 0 Å². The van der Waals surface area contributed by atoms with E-state index in [4.69, 9.17) is 0 Å². The lowest BCUT2D eigenvalue weighted by Gasteiger charge is -2.30. The fourth-order valence-corrected chi connectivity index (χ4v) is 4.47. The van der Waals surface area contributed by atoms with Crippen molar-refractivity contribution < 1.29 is 8.42 Å². The molecule has 0 unspecified atom stereocenters. The van der Waals surface area contributed by atoms with Gasteiger partial charge in [-0.25, -0.2) is 8.42 Å². The van der Waals surface area contributed by atoms with Gasteiger partial charge in [0.2, 0.25) is 0 Å². The molecule has 1 aromatic carbocycles. The molecule has 0 heterocycles. The van der Waals surface area contributed by atoms with E-state index in [1.807, 2.05) is 18.2 Å². The summed E-state index contributed by atoms with van der Waals surface area (Å²) in [5, 5.41) is 1.57. The second-order valence-electron chi connectivity index (χ2n) is 4.81. The molecule has 0 saturated carbocycles. The van der Waals surface area contributed by atoms with Crippen molar-refractivity contribution in [2.45, 2.75) is 12.8 Å². The van der Waals surface area contributed by atoms with E-state index in [-0.39, 0.29) is 11.2 Å². The minimum atomic E-state index is -2.91. The molecule has 0 amide bonds. The van der Waals surface area contributed by atoms with Crippen LogP contribution < -0.4 is 0 Å². The third-order valence-corrected chi connectivity index (χ3v) is 6.32. The Kier molecular flexibility index (Phi) is 6.35. The van der Waals surface area contributed by atoms with Gasteiger partial charge in [-0.3, -0.25) is 0 Å². The van der Waals surface area contributed by atoms with Crippen molar-refractivity contribution in [3.8, 4) is 0 Å². The van der Waals surface area contributed by atoms with Gasteiger partial charge >= 0.3 is 0 Å². The molecule has 1 aromatic rings. The molecule has 18 heavy (non-hydrogen) atoms. The zero-order valence-corrected chi connectivity index (χ0v) is 14.4. The molecule has 0 bridgehead atoms. The smallest absolute Gasteiger partial charge is 0.147 e. The van der Waals surface area contributed by atoms with Crippen molar-refractivity contribution in [3.05, 3.63) is 35.9 Å². The fraction of sp³-hybridized carbons (Fsp3) is 0.538. The van der Waals surface area contributed by atoms with Crippen LogP contribution in [0.2, 0.25) is 0 Å². The molecular formula is C13H18Br2O2S. The number of benzene rings is 1. The largest absolute Gasteiger partial charge is 0.229 e. The SMILES string of the molecule is CS(=O)(=O)CCC(CBr)(CBr)Cc1ccccc1. The van der Waals surface area contributed by atoms with E-state index in [0.717, 1.165) is 17.1 Å². The van der Waals surface area contributed by atoms with Crippen LogP contribution in [-0.2, 0) is 16.3 Å². The minimum absolute atomic E-state index is 0.0512. The molecule has 0 aromatic heterocycles. The van der Waals surface area contributed by atoms with E-state index in [2.05, 4.69) is 44.0 Å². The second-order valence-corrected chi connectivity index (χ2v) is 8.19. The maximum atomic E-state index is 11.3. The monoisotopic (exact) mass is 396 g/mol. The van der Waals surface area contributed by atoms with Crippen LogP contribution in [0.1, 0.15) is 12.0 Å². The van der Waals surface area contributed by atoms with Gasteiger partial charge in [-0.15, -0.1) is 0 Å². The van der Waals surface area contributed by atoms with Crippen molar-refractivity contribution in [1.82, 2.24) is 0 Å². The Morgan fingerprint density at radius 3 is 2.11 bits per heavy atom. The van der Waals surface area contributed by atoms with Crippen LogP contribution in [0.4, 0.5) is 0 Å². The Labute approximate surface area is 126 Å². The Hall–Kier alpha value is 0.130. The number of rotatable bonds is 7. The number of hydrogen-bond donors (Lipinski definition) is 0. The maximum absolute atomic E-state index is 11.3. The van der Waals surface area contributed by atoms with Gasteiger partial charge in [-0.2, -0.15) is 0 Å². The van der Waals surface area contributed by atoms with Crippen molar-refractivity contribution in [3.63, 3.8) is 0 Å². The van der Waals surface area contributed by atoms with Crippen LogP contribution in [0.25, 0.3) is 0 Å². The van der Waals surface area contributed by atoms with Gasteiger partial charge in [-0.05, 0) is 23.8 Å². The Morgan fingerprint density at radius 1 is 1.11 bits per heavy atom. The summed E-state index contributed by atoms with van der Waals surface area (Å²) in [6.45, 7) is 0. The van der Waals surface area contributed by atoms with Gasteiger partial charge in [0.1, 0.15) is 9.84 Å². The predicted octanol–water partition coefficient (Wildman–Crippen LogP) is 3.44. The molecule has 0 N–H and O–H groups in total. The normalized spacial score (nSPS) is 12.6. The Balaban J connectivity index is 2.80. The lowest BCUT2D eigenvalue weighted by atomic mass is 9.83. The molecule has 0 aliphatic rings. The highest BCUT2D eigenvalue weighted by Gasteiger charge is 2.29. The zero-order valence-electron chi connectivity index (χ0n) is 10.4. The fourth-order valence-electron chi connectivity index (χ4n) is 1.78. The average Bonchev–Trinajstić information content (AvgIpc) is 2.35. The molecule has 5 heteroatoms. The highest BCUT2D eigenvalue weighted by molar-refractivity contribution is 9.09. The maximum Gasteiger partial charge on any atom is 0.147 e.